The molecule has 2 heterocycles. The Morgan fingerprint density at radius 2 is 1.73 bits per heavy atom. The number of aromatic nitrogens is 3. The number of nitrogens with zero attached hydrogens (tertiary/aromatic N) is 4. The van der Waals surface area contributed by atoms with Crippen LogP contribution in [0.3, 0.4) is 0 Å². The van der Waals surface area contributed by atoms with E-state index in [1.807, 2.05) is 0 Å². The van der Waals surface area contributed by atoms with Gasteiger partial charge in [-0.25, -0.2) is 13.8 Å². The van der Waals surface area contributed by atoms with Gasteiger partial charge in [-0.1, -0.05) is 35.5 Å². The average molecular weight is 910 g/mol. The number of carbonyl (C=O) groups is 1. The SMILES string of the molecule is CSNc1nn(CC(F)(F)F)c2c(-c3ccc(C#CC(C)(C)S(C)=O)nc3C(Cc3cc(F)cc(F)c3)NC(=O)CN=C3/C(=C(\N)C(F)(F)F)CCC3(F)F)ccc(Cl)c12. The van der Waals surface area contributed by atoms with Crippen LogP contribution in [0.25, 0.3) is 22.0 Å². The summed E-state index contributed by atoms with van der Waals surface area (Å²) in [6, 6.07) is 6.37. The van der Waals surface area contributed by atoms with Crippen molar-refractivity contribution in [2.24, 2.45) is 10.7 Å². The largest absolute Gasteiger partial charge is 0.431 e. The quantitative estimate of drug-likeness (QED) is 0.0780. The lowest BCUT2D eigenvalue weighted by atomic mass is 9.93. The number of anilines is 1. The number of benzene rings is 2. The number of aliphatic imine (C=N–C) groups is 1. The molecule has 2 aromatic heterocycles. The molecule has 4 N–H and O–H groups in total. The summed E-state index contributed by atoms with van der Waals surface area (Å²) < 4.78 is 156. The number of alkyl halides is 8. The maximum Gasteiger partial charge on any atom is 0.431 e. The number of pyridine rings is 1. The molecule has 2 unspecified atom stereocenters. The number of hydrogen-bond donors (Lipinski definition) is 3. The molecule has 1 aliphatic carbocycles. The Hall–Kier alpha value is -4.81. The predicted octanol–water partition coefficient (Wildman–Crippen LogP) is 8.84. The van der Waals surface area contributed by atoms with Crippen LogP contribution in [-0.2, 0) is 28.6 Å². The zero-order valence-electron chi connectivity index (χ0n) is 31.8. The Kier molecular flexibility index (Phi) is 13.6. The zero-order valence-corrected chi connectivity index (χ0v) is 34.2. The highest BCUT2D eigenvalue weighted by Crippen LogP contribution is 2.42. The Balaban J connectivity index is 1.76. The van der Waals surface area contributed by atoms with E-state index >= 15 is 0 Å². The van der Waals surface area contributed by atoms with E-state index in [4.69, 9.17) is 17.3 Å². The molecule has 0 bridgehead atoms. The molecule has 60 heavy (non-hydrogen) atoms. The number of nitrogens with one attached hydrogen (secondary N) is 2. The van der Waals surface area contributed by atoms with Crippen LogP contribution in [0.2, 0.25) is 5.02 Å². The molecular weight excluding hydrogens is 876 g/mol. The van der Waals surface area contributed by atoms with Crippen molar-refractivity contribution < 1.29 is 52.9 Å². The van der Waals surface area contributed by atoms with Gasteiger partial charge < -0.3 is 15.8 Å². The van der Waals surface area contributed by atoms with Crippen molar-refractivity contribution in [2.75, 3.05) is 23.8 Å². The number of carbonyl (C=O) groups excluding carboxylic acids is 1. The Morgan fingerprint density at radius 3 is 2.33 bits per heavy atom. The van der Waals surface area contributed by atoms with E-state index in [-0.39, 0.29) is 49.8 Å². The Morgan fingerprint density at radius 1 is 1.08 bits per heavy atom. The summed E-state index contributed by atoms with van der Waals surface area (Å²) in [5.74, 6) is -1.55. The van der Waals surface area contributed by atoms with Crippen molar-refractivity contribution in [3.8, 4) is 23.0 Å². The van der Waals surface area contributed by atoms with E-state index < -0.39 is 107 Å². The van der Waals surface area contributed by atoms with Gasteiger partial charge in [0.25, 0.3) is 5.92 Å². The summed E-state index contributed by atoms with van der Waals surface area (Å²) in [6.07, 6.45) is -9.33. The minimum Gasteiger partial charge on any atom is -0.394 e. The highest BCUT2D eigenvalue weighted by Gasteiger charge is 2.48. The Labute approximate surface area is 348 Å². The second kappa shape index (κ2) is 17.7. The fourth-order valence-electron chi connectivity index (χ4n) is 6.23. The minimum absolute atomic E-state index is 0.00647. The third kappa shape index (κ3) is 10.7. The lowest BCUT2D eigenvalue weighted by molar-refractivity contribution is -0.141. The molecule has 0 spiro atoms. The summed E-state index contributed by atoms with van der Waals surface area (Å²) >= 11 is 7.55. The van der Waals surface area contributed by atoms with Gasteiger partial charge in [0.1, 0.15) is 46.6 Å². The molecule has 5 rings (SSSR count). The summed E-state index contributed by atoms with van der Waals surface area (Å²) in [5.41, 5.74) is 0.605. The summed E-state index contributed by atoms with van der Waals surface area (Å²) in [7, 11) is -1.48. The topological polar surface area (TPSA) is 127 Å². The van der Waals surface area contributed by atoms with E-state index in [1.54, 1.807) is 20.1 Å². The van der Waals surface area contributed by atoms with Crippen LogP contribution < -0.4 is 15.8 Å². The van der Waals surface area contributed by atoms with Crippen LogP contribution >= 0.6 is 23.5 Å². The standard InChI is InChI=1S/C38H34ClF10N7O2S2/c1-35(2,60(4)58)11-9-22-5-6-23(24-7-8-26(39)29-31(24)56(18-37(44,45)46)54-34(29)55-59-3)30(52-22)27(15-19-13-20(40)16-21(41)14-19)53-28(57)17-51-33-25(10-12-36(33,42)43)32(50)38(47,48)49/h5-8,13-14,16,27H,10,12,15,17-18,50H2,1-4H3,(H,53,57)(H,54,55)/b32-25-,51-33?. The monoisotopic (exact) mass is 909 g/mol. The van der Waals surface area contributed by atoms with Crippen molar-refractivity contribution in [1.29, 1.82) is 0 Å². The van der Waals surface area contributed by atoms with E-state index in [1.165, 1.54) is 30.5 Å². The fraction of sp³-hybridized carbons (Fsp3) is 0.368. The van der Waals surface area contributed by atoms with Gasteiger partial charge in [0.15, 0.2) is 5.82 Å². The molecule has 322 valence electrons. The second-order valence-corrected chi connectivity index (χ2v) is 16.9. The molecule has 22 heteroatoms. The first-order chi connectivity index (χ1) is 27.8. The number of fused-ring (bicyclic) bond motifs is 1. The van der Waals surface area contributed by atoms with Crippen molar-refractivity contribution in [3.05, 3.63) is 87.3 Å². The molecule has 0 aliphatic heterocycles. The molecule has 1 saturated carbocycles. The fourth-order valence-corrected chi connectivity index (χ4v) is 7.00. The van der Waals surface area contributed by atoms with Crippen LogP contribution in [0, 0.1) is 23.5 Å². The highest BCUT2D eigenvalue weighted by atomic mass is 35.5. The number of nitrogens with two attached hydrogens (primary N) is 1. The van der Waals surface area contributed by atoms with Gasteiger partial charge in [0, 0.05) is 52.5 Å². The number of halogens is 11. The van der Waals surface area contributed by atoms with E-state index in [0.29, 0.717) is 10.7 Å². The van der Waals surface area contributed by atoms with Crippen LogP contribution in [0.5, 0.6) is 0 Å². The third-order valence-electron chi connectivity index (χ3n) is 9.16. The van der Waals surface area contributed by atoms with E-state index in [0.717, 1.165) is 24.1 Å². The highest BCUT2D eigenvalue weighted by molar-refractivity contribution is 7.99. The van der Waals surface area contributed by atoms with Gasteiger partial charge >= 0.3 is 12.4 Å². The second-order valence-electron chi connectivity index (χ2n) is 14.0. The molecular formula is C38H34ClF10N7O2S2. The lowest BCUT2D eigenvalue weighted by Gasteiger charge is -2.23. The maximum atomic E-state index is 14.9. The summed E-state index contributed by atoms with van der Waals surface area (Å²) in [5, 5.41) is 6.67. The first-order valence-corrected chi connectivity index (χ1v) is 20.6. The van der Waals surface area contributed by atoms with Gasteiger partial charge in [-0.05, 0) is 68.5 Å². The number of amides is 1. The molecule has 0 radical (unpaired) electrons. The zero-order chi connectivity index (χ0) is 44.5. The molecule has 0 saturated heterocycles. The molecule has 9 nitrogen and oxygen atoms in total. The van der Waals surface area contributed by atoms with Crippen molar-refractivity contribution in [3.63, 3.8) is 0 Å². The van der Waals surface area contributed by atoms with Gasteiger partial charge in [-0.15, -0.1) is 0 Å². The predicted molar refractivity (Wildman–Crippen MR) is 211 cm³/mol. The average Bonchev–Trinajstić information content (AvgIpc) is 3.63. The van der Waals surface area contributed by atoms with E-state index in [9.17, 15) is 52.9 Å². The maximum absolute atomic E-state index is 14.9. The summed E-state index contributed by atoms with van der Waals surface area (Å²) in [4.78, 5) is 21.8. The number of rotatable bonds is 11. The van der Waals surface area contributed by atoms with Crippen LogP contribution in [0.15, 0.2) is 58.7 Å². The first kappa shape index (κ1) is 46.3. The molecule has 1 fully saturated rings. The number of allylic oxidation sites excluding steroid dienone is 2. The van der Waals surface area contributed by atoms with Crippen LogP contribution in [-0.4, -0.2) is 72.7 Å². The van der Waals surface area contributed by atoms with Crippen molar-refractivity contribution in [2.45, 2.75) is 68.7 Å². The molecule has 1 aliphatic rings. The summed E-state index contributed by atoms with van der Waals surface area (Å²) in [6.45, 7) is 0.382. The van der Waals surface area contributed by atoms with Crippen molar-refractivity contribution >= 4 is 62.7 Å². The van der Waals surface area contributed by atoms with Crippen LogP contribution in [0.4, 0.5) is 49.7 Å². The lowest BCUT2D eigenvalue weighted by Crippen LogP contribution is -2.34. The van der Waals surface area contributed by atoms with E-state index in [2.05, 4.69) is 37.0 Å². The Bertz CT molecular complexity index is 2450. The van der Waals surface area contributed by atoms with Gasteiger partial charge in [-0.3, -0.25) is 18.7 Å². The van der Waals surface area contributed by atoms with Crippen molar-refractivity contribution in [1.82, 2.24) is 20.1 Å². The molecule has 1 amide bonds. The van der Waals surface area contributed by atoms with Gasteiger partial charge in [0.05, 0.1) is 27.7 Å². The molecule has 4 aromatic rings. The molecule has 2 aromatic carbocycles. The number of hydrogen-bond acceptors (Lipinski definition) is 8. The first-order valence-electron chi connectivity index (χ1n) is 17.5. The minimum atomic E-state index is -5.18. The smallest absolute Gasteiger partial charge is 0.394 e. The third-order valence-corrected chi connectivity index (χ3v) is 11.4. The normalized spacial score (nSPS) is 17.0. The van der Waals surface area contributed by atoms with Gasteiger partial charge in [0.2, 0.25) is 5.91 Å². The van der Waals surface area contributed by atoms with Gasteiger partial charge in [-0.2, -0.15) is 40.2 Å². The molecule has 2 atom stereocenters. The van der Waals surface area contributed by atoms with Crippen LogP contribution in [0.1, 0.15) is 49.7 Å².